The molecule has 1 aromatic carbocycles. The zero-order valence-electron chi connectivity index (χ0n) is 11.7. The second kappa shape index (κ2) is 5.36. The first-order valence-electron chi connectivity index (χ1n) is 6.38. The minimum absolute atomic E-state index is 0.132. The fraction of sp³-hybridized carbons (Fsp3) is 0.286. The van der Waals surface area contributed by atoms with E-state index in [1.807, 2.05) is 0 Å². The maximum absolute atomic E-state index is 12.5. The number of carboxylic acids is 1. The van der Waals surface area contributed by atoms with Gasteiger partial charge in [-0.2, -0.15) is 13.2 Å². The zero-order chi connectivity index (χ0) is 16.7. The lowest BCUT2D eigenvalue weighted by atomic mass is 10.1. The number of hydrogen-bond acceptors (Lipinski definition) is 2. The Bertz CT molecular complexity index is 755. The van der Waals surface area contributed by atoms with Crippen LogP contribution in [0.15, 0.2) is 29.1 Å². The third-order valence-corrected chi connectivity index (χ3v) is 3.16. The molecule has 0 aliphatic heterocycles. The molecule has 118 valence electrons. The number of benzene rings is 1. The summed E-state index contributed by atoms with van der Waals surface area (Å²) in [5.41, 5.74) is -1.71. The van der Waals surface area contributed by atoms with E-state index in [0.29, 0.717) is 0 Å². The normalized spacial score (nSPS) is 11.9. The average Bonchev–Trinajstić information content (AvgIpc) is 2.76. The van der Waals surface area contributed by atoms with Crippen molar-refractivity contribution in [1.82, 2.24) is 9.78 Å². The molecule has 22 heavy (non-hydrogen) atoms. The molecule has 0 amide bonds. The summed E-state index contributed by atoms with van der Waals surface area (Å²) < 4.78 is 38.5. The quantitative estimate of drug-likeness (QED) is 0.914. The molecule has 0 radical (unpaired) electrons. The van der Waals surface area contributed by atoms with Crippen molar-refractivity contribution < 1.29 is 23.1 Å². The van der Waals surface area contributed by atoms with Gasteiger partial charge in [0, 0.05) is 0 Å². The van der Waals surface area contributed by atoms with Gasteiger partial charge in [0.2, 0.25) is 0 Å². The van der Waals surface area contributed by atoms with Crippen LogP contribution in [0.2, 0.25) is 0 Å². The first-order valence-corrected chi connectivity index (χ1v) is 6.38. The Morgan fingerprint density at radius 1 is 1.23 bits per heavy atom. The van der Waals surface area contributed by atoms with Crippen molar-refractivity contribution in [1.29, 1.82) is 0 Å². The third kappa shape index (κ3) is 2.76. The summed E-state index contributed by atoms with van der Waals surface area (Å²) in [5, 5.41) is 11.8. The van der Waals surface area contributed by atoms with Crippen molar-refractivity contribution in [2.75, 3.05) is 0 Å². The lowest BCUT2D eigenvalue weighted by Gasteiger charge is -2.08. The zero-order valence-corrected chi connectivity index (χ0v) is 11.7. The SMILES string of the molecule is CC(C)c1[nH]n(-c2ccc(C(F)(F)F)cc2)c(=O)c1C(=O)O. The van der Waals surface area contributed by atoms with E-state index < -0.39 is 28.8 Å². The molecule has 0 spiro atoms. The van der Waals surface area contributed by atoms with Gasteiger partial charge in [0.25, 0.3) is 5.56 Å². The van der Waals surface area contributed by atoms with Gasteiger partial charge in [0.05, 0.1) is 16.9 Å². The maximum Gasteiger partial charge on any atom is 0.416 e. The number of aromatic nitrogens is 2. The molecule has 2 aromatic rings. The van der Waals surface area contributed by atoms with Crippen molar-refractivity contribution in [3.8, 4) is 5.69 Å². The summed E-state index contributed by atoms with van der Waals surface area (Å²) in [6, 6.07) is 3.88. The predicted octanol–water partition coefficient (Wildman–Crippen LogP) is 3.01. The molecule has 1 aromatic heterocycles. The van der Waals surface area contributed by atoms with Gasteiger partial charge >= 0.3 is 12.1 Å². The van der Waals surface area contributed by atoms with E-state index in [4.69, 9.17) is 5.11 Å². The van der Waals surface area contributed by atoms with Crippen LogP contribution in [0.25, 0.3) is 5.69 Å². The molecule has 0 fully saturated rings. The van der Waals surface area contributed by atoms with Gasteiger partial charge in [-0.1, -0.05) is 13.8 Å². The molecule has 0 atom stereocenters. The van der Waals surface area contributed by atoms with E-state index in [-0.39, 0.29) is 17.3 Å². The number of carbonyl (C=O) groups is 1. The molecule has 0 aliphatic rings. The van der Waals surface area contributed by atoms with Crippen LogP contribution in [-0.2, 0) is 6.18 Å². The highest BCUT2D eigenvalue weighted by atomic mass is 19.4. The highest BCUT2D eigenvalue weighted by molar-refractivity contribution is 5.88. The molecule has 0 aliphatic carbocycles. The second-order valence-electron chi connectivity index (χ2n) is 5.05. The van der Waals surface area contributed by atoms with Crippen LogP contribution in [0.1, 0.15) is 41.4 Å². The van der Waals surface area contributed by atoms with Gasteiger partial charge in [-0.3, -0.25) is 9.89 Å². The summed E-state index contributed by atoms with van der Waals surface area (Å²) >= 11 is 0. The van der Waals surface area contributed by atoms with Crippen LogP contribution in [-0.4, -0.2) is 20.9 Å². The molecule has 0 bridgehead atoms. The number of carboxylic acid groups (broad SMARTS) is 1. The fourth-order valence-corrected chi connectivity index (χ4v) is 2.06. The lowest BCUT2D eigenvalue weighted by Crippen LogP contribution is -2.20. The number of nitrogens with one attached hydrogen (secondary N) is 1. The molecule has 0 saturated carbocycles. The molecular formula is C14H13F3N2O3. The second-order valence-corrected chi connectivity index (χ2v) is 5.05. The lowest BCUT2D eigenvalue weighted by molar-refractivity contribution is -0.137. The van der Waals surface area contributed by atoms with Gasteiger partial charge in [-0.25, -0.2) is 9.48 Å². The Balaban J connectivity index is 2.57. The molecule has 8 heteroatoms. The average molecular weight is 314 g/mol. The van der Waals surface area contributed by atoms with Crippen molar-refractivity contribution in [3.63, 3.8) is 0 Å². The summed E-state index contributed by atoms with van der Waals surface area (Å²) in [5.74, 6) is -1.63. The molecule has 2 N–H and O–H groups in total. The topological polar surface area (TPSA) is 75.1 Å². The fourth-order valence-electron chi connectivity index (χ4n) is 2.06. The van der Waals surface area contributed by atoms with Crippen molar-refractivity contribution in [3.05, 3.63) is 51.4 Å². The van der Waals surface area contributed by atoms with Crippen LogP contribution < -0.4 is 5.56 Å². The Morgan fingerprint density at radius 3 is 2.14 bits per heavy atom. The summed E-state index contributed by atoms with van der Waals surface area (Å²) in [6.45, 7) is 3.41. The summed E-state index contributed by atoms with van der Waals surface area (Å²) in [7, 11) is 0. The monoisotopic (exact) mass is 314 g/mol. The largest absolute Gasteiger partial charge is 0.477 e. The number of halogens is 3. The first kappa shape index (κ1) is 15.9. The van der Waals surface area contributed by atoms with Crippen LogP contribution in [0, 0.1) is 0 Å². The van der Waals surface area contributed by atoms with Crippen LogP contribution >= 0.6 is 0 Å². The minimum atomic E-state index is -4.48. The third-order valence-electron chi connectivity index (χ3n) is 3.16. The Kier molecular flexibility index (Phi) is 3.87. The molecule has 0 saturated heterocycles. The molecule has 0 unspecified atom stereocenters. The molecule has 1 heterocycles. The smallest absolute Gasteiger partial charge is 0.416 e. The van der Waals surface area contributed by atoms with Gasteiger partial charge in [-0.15, -0.1) is 0 Å². The standard InChI is InChI=1S/C14H13F3N2O3/c1-7(2)11-10(13(21)22)12(20)19(18-11)9-5-3-8(4-6-9)14(15,16)17/h3-7,18H,1-2H3,(H,21,22). The predicted molar refractivity (Wildman–Crippen MR) is 72.4 cm³/mol. The van der Waals surface area contributed by atoms with Crippen molar-refractivity contribution >= 4 is 5.97 Å². The van der Waals surface area contributed by atoms with Gasteiger partial charge in [0.1, 0.15) is 5.56 Å². The summed E-state index contributed by atoms with van der Waals surface area (Å²) in [4.78, 5) is 23.3. The number of nitrogens with zero attached hydrogens (tertiary/aromatic N) is 1. The number of alkyl halides is 3. The Hall–Kier alpha value is -2.51. The number of H-pyrrole nitrogens is 1. The summed E-state index contributed by atoms with van der Waals surface area (Å²) in [6.07, 6.45) is -4.48. The number of rotatable bonds is 3. The first-order chi connectivity index (χ1) is 10.1. The van der Waals surface area contributed by atoms with Gasteiger partial charge < -0.3 is 5.11 Å². The van der Waals surface area contributed by atoms with E-state index in [1.165, 1.54) is 0 Å². The van der Waals surface area contributed by atoms with E-state index in [0.717, 1.165) is 28.9 Å². The van der Waals surface area contributed by atoms with E-state index >= 15 is 0 Å². The van der Waals surface area contributed by atoms with E-state index in [2.05, 4.69) is 5.10 Å². The van der Waals surface area contributed by atoms with Crippen molar-refractivity contribution in [2.24, 2.45) is 0 Å². The highest BCUT2D eigenvalue weighted by Gasteiger charge is 2.30. The van der Waals surface area contributed by atoms with Crippen LogP contribution in [0.4, 0.5) is 13.2 Å². The van der Waals surface area contributed by atoms with Gasteiger partial charge in [0.15, 0.2) is 0 Å². The maximum atomic E-state index is 12.5. The van der Waals surface area contributed by atoms with Crippen LogP contribution in [0.5, 0.6) is 0 Å². The number of aromatic carboxylic acids is 1. The van der Waals surface area contributed by atoms with Crippen LogP contribution in [0.3, 0.4) is 0 Å². The van der Waals surface area contributed by atoms with Gasteiger partial charge in [-0.05, 0) is 30.2 Å². The number of aromatic amines is 1. The van der Waals surface area contributed by atoms with Crippen molar-refractivity contribution in [2.45, 2.75) is 25.9 Å². The van der Waals surface area contributed by atoms with E-state index in [9.17, 15) is 22.8 Å². The Morgan fingerprint density at radius 2 is 1.77 bits per heavy atom. The minimum Gasteiger partial charge on any atom is -0.477 e. The highest BCUT2D eigenvalue weighted by Crippen LogP contribution is 2.29. The number of hydrogen-bond donors (Lipinski definition) is 2. The Labute approximate surface area is 123 Å². The molecule has 2 rings (SSSR count). The van der Waals surface area contributed by atoms with E-state index in [1.54, 1.807) is 13.8 Å². The molecule has 5 nitrogen and oxygen atoms in total. The molecular weight excluding hydrogens is 301 g/mol.